The molecular weight excluding hydrogens is 374 g/mol. The number of ether oxygens (including phenoxy) is 2. The molecule has 2 aromatic carbocycles. The van der Waals surface area contributed by atoms with Crippen molar-refractivity contribution in [3.8, 4) is 11.5 Å². The maximum atomic E-state index is 11.2. The van der Waals surface area contributed by atoms with Crippen LogP contribution in [0.4, 0.5) is 10.5 Å². The van der Waals surface area contributed by atoms with Gasteiger partial charge in [0.15, 0.2) is 0 Å². The molecule has 0 bridgehead atoms. The molecule has 6 nitrogen and oxygen atoms in total. The number of nitrogens with two attached hydrogens (primary N) is 1. The minimum Gasteiger partial charge on any atom is -0.494 e. The Morgan fingerprint density at radius 2 is 1.79 bits per heavy atom. The summed E-state index contributed by atoms with van der Waals surface area (Å²) in [7, 11) is 0. The van der Waals surface area contributed by atoms with E-state index in [0.29, 0.717) is 24.7 Å². The van der Waals surface area contributed by atoms with Crippen molar-refractivity contribution in [3.63, 3.8) is 0 Å². The molecule has 0 saturated carbocycles. The molecule has 28 heavy (non-hydrogen) atoms. The van der Waals surface area contributed by atoms with Crippen molar-refractivity contribution in [1.82, 2.24) is 4.98 Å². The van der Waals surface area contributed by atoms with E-state index in [2.05, 4.69) is 17.8 Å². The number of carbonyl (C=O) groups is 1. The van der Waals surface area contributed by atoms with E-state index in [1.807, 2.05) is 36.4 Å². The SMILES string of the molecule is NC(=O)N(S)c1cccc(OCCCCCOc2ccnc3ccccc23)c1. The second-order valence-corrected chi connectivity index (χ2v) is 6.63. The first kappa shape index (κ1) is 19.8. The van der Waals surface area contributed by atoms with E-state index in [1.165, 1.54) is 0 Å². The van der Waals surface area contributed by atoms with E-state index in [1.54, 1.807) is 24.4 Å². The zero-order valence-electron chi connectivity index (χ0n) is 15.5. The lowest BCUT2D eigenvalue weighted by molar-refractivity contribution is 0.257. The molecule has 0 aliphatic heterocycles. The second-order valence-electron chi connectivity index (χ2n) is 6.23. The fourth-order valence-electron chi connectivity index (χ4n) is 2.78. The molecule has 2 N–H and O–H groups in total. The van der Waals surface area contributed by atoms with Gasteiger partial charge in [0.1, 0.15) is 11.5 Å². The molecule has 146 valence electrons. The number of nitrogens with zero attached hydrogens (tertiary/aromatic N) is 2. The van der Waals surface area contributed by atoms with Gasteiger partial charge in [0.05, 0.1) is 24.4 Å². The van der Waals surface area contributed by atoms with Crippen molar-refractivity contribution in [2.24, 2.45) is 5.73 Å². The summed E-state index contributed by atoms with van der Waals surface area (Å²) in [5, 5.41) is 1.03. The summed E-state index contributed by atoms with van der Waals surface area (Å²) >= 11 is 4.05. The van der Waals surface area contributed by atoms with Gasteiger partial charge >= 0.3 is 6.03 Å². The van der Waals surface area contributed by atoms with Crippen molar-refractivity contribution in [3.05, 3.63) is 60.8 Å². The number of thiol groups is 1. The lowest BCUT2D eigenvalue weighted by Crippen LogP contribution is -2.27. The molecule has 0 aliphatic carbocycles. The van der Waals surface area contributed by atoms with Gasteiger partial charge in [0.2, 0.25) is 0 Å². The van der Waals surface area contributed by atoms with Crippen LogP contribution in [0.2, 0.25) is 0 Å². The third-order valence-electron chi connectivity index (χ3n) is 4.19. The fraction of sp³-hybridized carbons (Fsp3) is 0.238. The molecule has 7 heteroatoms. The van der Waals surface area contributed by atoms with Gasteiger partial charge in [0.25, 0.3) is 0 Å². The number of unbranched alkanes of at least 4 members (excludes halogenated alkanes) is 2. The molecule has 0 unspecified atom stereocenters. The summed E-state index contributed by atoms with van der Waals surface area (Å²) in [6, 6.07) is 16.3. The van der Waals surface area contributed by atoms with Gasteiger partial charge in [-0.1, -0.05) is 31.0 Å². The molecule has 2 amide bonds. The number of pyridine rings is 1. The molecule has 3 aromatic rings. The van der Waals surface area contributed by atoms with Crippen LogP contribution in [-0.2, 0) is 0 Å². The number of fused-ring (bicyclic) bond motifs is 1. The molecule has 3 rings (SSSR count). The first-order valence-corrected chi connectivity index (χ1v) is 9.53. The fourth-order valence-corrected chi connectivity index (χ4v) is 2.91. The quantitative estimate of drug-likeness (QED) is 0.409. The lowest BCUT2D eigenvalue weighted by atomic mass is 10.2. The highest BCUT2D eigenvalue weighted by Gasteiger charge is 2.08. The van der Waals surface area contributed by atoms with E-state index in [4.69, 9.17) is 15.2 Å². The van der Waals surface area contributed by atoms with Crippen LogP contribution in [0.1, 0.15) is 19.3 Å². The van der Waals surface area contributed by atoms with Crippen molar-refractivity contribution >= 4 is 35.4 Å². The van der Waals surface area contributed by atoms with Crippen LogP contribution >= 0.6 is 12.8 Å². The second kappa shape index (κ2) is 9.85. The first-order chi connectivity index (χ1) is 13.6. The number of primary amides is 1. The summed E-state index contributed by atoms with van der Waals surface area (Å²) in [6.07, 6.45) is 4.60. The first-order valence-electron chi connectivity index (χ1n) is 9.13. The number of para-hydroxylation sites is 1. The minimum absolute atomic E-state index is 0.575. The van der Waals surface area contributed by atoms with E-state index in [9.17, 15) is 4.79 Å². The van der Waals surface area contributed by atoms with Crippen LogP contribution in [0.15, 0.2) is 60.8 Å². The highest BCUT2D eigenvalue weighted by molar-refractivity contribution is 7.82. The van der Waals surface area contributed by atoms with Crippen LogP contribution in [0.5, 0.6) is 11.5 Å². The zero-order valence-corrected chi connectivity index (χ0v) is 16.3. The normalized spacial score (nSPS) is 10.6. The summed E-state index contributed by atoms with van der Waals surface area (Å²) in [5.41, 5.74) is 6.73. The van der Waals surface area contributed by atoms with Crippen molar-refractivity contribution < 1.29 is 14.3 Å². The Balaban J connectivity index is 1.37. The van der Waals surface area contributed by atoms with Gasteiger partial charge in [-0.15, -0.1) is 0 Å². The molecule has 0 spiro atoms. The molecule has 0 fully saturated rings. The number of rotatable bonds is 9. The highest BCUT2D eigenvalue weighted by Crippen LogP contribution is 2.24. The van der Waals surface area contributed by atoms with Crippen LogP contribution in [0.3, 0.4) is 0 Å². The monoisotopic (exact) mass is 397 g/mol. The van der Waals surface area contributed by atoms with Crippen molar-refractivity contribution in [1.29, 1.82) is 0 Å². The number of aromatic nitrogens is 1. The number of carbonyl (C=O) groups excluding carboxylic acids is 1. The predicted molar refractivity (Wildman–Crippen MR) is 114 cm³/mol. The van der Waals surface area contributed by atoms with Crippen LogP contribution in [0.25, 0.3) is 10.9 Å². The third kappa shape index (κ3) is 5.29. The molecule has 1 aromatic heterocycles. The highest BCUT2D eigenvalue weighted by atomic mass is 32.1. The van der Waals surface area contributed by atoms with Gasteiger partial charge in [-0.3, -0.25) is 4.98 Å². The Labute approximate surface area is 169 Å². The van der Waals surface area contributed by atoms with E-state index < -0.39 is 6.03 Å². The van der Waals surface area contributed by atoms with Crippen LogP contribution < -0.4 is 19.5 Å². The maximum absolute atomic E-state index is 11.2. The molecule has 0 aliphatic rings. The average molecular weight is 398 g/mol. The molecule has 1 heterocycles. The number of anilines is 1. The molecule has 0 radical (unpaired) electrons. The topological polar surface area (TPSA) is 77.7 Å². The molecule has 0 atom stereocenters. The third-order valence-corrected chi connectivity index (χ3v) is 4.62. The maximum Gasteiger partial charge on any atom is 0.329 e. The number of benzene rings is 2. The molecular formula is C21H23N3O3S. The van der Waals surface area contributed by atoms with E-state index >= 15 is 0 Å². The average Bonchev–Trinajstić information content (AvgIpc) is 2.72. The van der Waals surface area contributed by atoms with Crippen LogP contribution in [-0.4, -0.2) is 24.2 Å². The number of amides is 2. The van der Waals surface area contributed by atoms with Gasteiger partial charge in [-0.25, -0.2) is 9.10 Å². The van der Waals surface area contributed by atoms with Gasteiger partial charge < -0.3 is 15.2 Å². The van der Waals surface area contributed by atoms with Crippen molar-refractivity contribution in [2.75, 3.05) is 17.5 Å². The van der Waals surface area contributed by atoms with Gasteiger partial charge in [-0.2, -0.15) is 0 Å². The zero-order chi connectivity index (χ0) is 19.8. The standard InChI is InChI=1S/C21H23N3O3S/c22-21(25)24(28)16-7-6-8-17(15-16)26-13-4-1-5-14-27-20-11-12-23-19-10-3-2-9-18(19)20/h2-3,6-12,15,28H,1,4-5,13-14H2,(H2,22,25). The Bertz CT molecular complexity index is 930. The van der Waals surface area contributed by atoms with E-state index in [0.717, 1.165) is 40.2 Å². The minimum atomic E-state index is -0.637. The van der Waals surface area contributed by atoms with Gasteiger partial charge in [-0.05, 0) is 49.6 Å². The Morgan fingerprint density at radius 3 is 2.61 bits per heavy atom. The van der Waals surface area contributed by atoms with E-state index in [-0.39, 0.29) is 0 Å². The smallest absolute Gasteiger partial charge is 0.329 e. The Kier molecular flexibility index (Phi) is 6.97. The summed E-state index contributed by atoms with van der Waals surface area (Å²) in [4.78, 5) is 15.5. The number of hydrogen-bond donors (Lipinski definition) is 2. The van der Waals surface area contributed by atoms with Gasteiger partial charge in [0, 0.05) is 17.6 Å². The Morgan fingerprint density at radius 1 is 1.00 bits per heavy atom. The summed E-state index contributed by atoms with van der Waals surface area (Å²) in [6.45, 7) is 1.24. The number of urea groups is 1. The number of hydrogen-bond acceptors (Lipinski definition) is 5. The molecule has 0 saturated heterocycles. The largest absolute Gasteiger partial charge is 0.494 e. The lowest BCUT2D eigenvalue weighted by Gasteiger charge is -2.14. The van der Waals surface area contributed by atoms with Crippen molar-refractivity contribution in [2.45, 2.75) is 19.3 Å². The predicted octanol–water partition coefficient (Wildman–Crippen LogP) is 4.59. The summed E-state index contributed by atoms with van der Waals surface area (Å²) < 4.78 is 12.7. The Hall–Kier alpha value is -2.93. The van der Waals surface area contributed by atoms with Crippen LogP contribution in [0, 0.1) is 0 Å². The summed E-state index contributed by atoms with van der Waals surface area (Å²) in [5.74, 6) is 1.54.